The first kappa shape index (κ1) is 18.2. The van der Waals surface area contributed by atoms with Gasteiger partial charge in [-0.1, -0.05) is 5.16 Å². The third-order valence-electron chi connectivity index (χ3n) is 5.08. The minimum atomic E-state index is -0.0610. The van der Waals surface area contributed by atoms with Crippen molar-refractivity contribution in [2.24, 2.45) is 5.92 Å². The molecule has 3 aromatic heterocycles. The van der Waals surface area contributed by atoms with E-state index in [2.05, 4.69) is 25.1 Å². The largest absolute Gasteiger partial charge is 0.361 e. The van der Waals surface area contributed by atoms with Crippen LogP contribution >= 0.6 is 0 Å². The summed E-state index contributed by atoms with van der Waals surface area (Å²) in [6.45, 7) is 7.05. The van der Waals surface area contributed by atoms with Gasteiger partial charge in [-0.2, -0.15) is 0 Å². The smallest absolute Gasteiger partial charge is 0.274 e. The highest BCUT2D eigenvalue weighted by Crippen LogP contribution is 2.27. The quantitative estimate of drug-likeness (QED) is 0.688. The van der Waals surface area contributed by atoms with E-state index in [0.717, 1.165) is 53.5 Å². The zero-order chi connectivity index (χ0) is 19.7. The van der Waals surface area contributed by atoms with Crippen LogP contribution in [0.3, 0.4) is 0 Å². The van der Waals surface area contributed by atoms with Crippen molar-refractivity contribution in [3.63, 3.8) is 0 Å². The van der Waals surface area contributed by atoms with Gasteiger partial charge in [0.1, 0.15) is 17.8 Å². The van der Waals surface area contributed by atoms with Crippen molar-refractivity contribution in [1.82, 2.24) is 30.0 Å². The second-order valence-electron chi connectivity index (χ2n) is 7.25. The molecule has 0 saturated carbocycles. The third-order valence-corrected chi connectivity index (χ3v) is 5.08. The monoisotopic (exact) mass is 378 g/mol. The lowest BCUT2D eigenvalue weighted by Gasteiger charge is -2.16. The molecule has 1 aliphatic rings. The molecule has 144 valence electrons. The predicted octanol–water partition coefficient (Wildman–Crippen LogP) is 2.55. The van der Waals surface area contributed by atoms with Crippen molar-refractivity contribution >= 4 is 5.91 Å². The Kier molecular flexibility index (Phi) is 4.85. The summed E-state index contributed by atoms with van der Waals surface area (Å²) in [6, 6.07) is 1.99. The van der Waals surface area contributed by atoms with E-state index < -0.39 is 0 Å². The van der Waals surface area contributed by atoms with Gasteiger partial charge in [-0.05, 0) is 45.6 Å². The van der Waals surface area contributed by atoms with Crippen molar-refractivity contribution < 1.29 is 9.32 Å². The number of amides is 1. The fourth-order valence-electron chi connectivity index (χ4n) is 3.64. The second kappa shape index (κ2) is 7.46. The molecular formula is C20H22N6O2. The van der Waals surface area contributed by atoms with Crippen LogP contribution < -0.4 is 0 Å². The predicted molar refractivity (Wildman–Crippen MR) is 101 cm³/mol. The molecule has 8 heteroatoms. The summed E-state index contributed by atoms with van der Waals surface area (Å²) in [4.78, 5) is 31.6. The minimum Gasteiger partial charge on any atom is -0.361 e. The molecule has 0 aromatic carbocycles. The molecule has 0 radical (unpaired) electrons. The summed E-state index contributed by atoms with van der Waals surface area (Å²) < 4.78 is 5.25. The first-order valence-corrected chi connectivity index (χ1v) is 9.33. The highest BCUT2D eigenvalue weighted by Gasteiger charge is 2.28. The van der Waals surface area contributed by atoms with Crippen LogP contribution in [0, 0.1) is 26.7 Å². The Balaban J connectivity index is 1.44. The number of aryl methyl sites for hydroxylation is 3. The molecule has 0 unspecified atom stereocenters. The zero-order valence-electron chi connectivity index (χ0n) is 16.2. The first-order chi connectivity index (χ1) is 13.5. The maximum Gasteiger partial charge on any atom is 0.274 e. The van der Waals surface area contributed by atoms with Gasteiger partial charge < -0.3 is 9.42 Å². The molecule has 0 bridgehead atoms. The SMILES string of the molecule is Cc1cnc(C(=O)N2CC[C@H](Cc3cc(-c4c(C)noc4C)ncn3)C2)cn1. The van der Waals surface area contributed by atoms with Crippen LogP contribution in [-0.2, 0) is 6.42 Å². The fourth-order valence-corrected chi connectivity index (χ4v) is 3.64. The Morgan fingerprint density at radius 3 is 2.75 bits per heavy atom. The Morgan fingerprint density at radius 1 is 1.18 bits per heavy atom. The molecule has 1 fully saturated rings. The van der Waals surface area contributed by atoms with Crippen molar-refractivity contribution in [2.75, 3.05) is 13.1 Å². The average Bonchev–Trinajstić information content (AvgIpc) is 3.28. The summed E-state index contributed by atoms with van der Waals surface area (Å²) >= 11 is 0. The number of likely N-dealkylation sites (tertiary alicyclic amines) is 1. The van der Waals surface area contributed by atoms with Gasteiger partial charge in [-0.3, -0.25) is 9.78 Å². The van der Waals surface area contributed by atoms with Gasteiger partial charge in [-0.25, -0.2) is 15.0 Å². The summed E-state index contributed by atoms with van der Waals surface area (Å²) in [5, 5.41) is 4.00. The second-order valence-corrected chi connectivity index (χ2v) is 7.25. The number of hydrogen-bond donors (Lipinski definition) is 0. The van der Waals surface area contributed by atoms with Crippen LogP contribution in [0.4, 0.5) is 0 Å². The van der Waals surface area contributed by atoms with Crippen LogP contribution in [0.15, 0.2) is 29.3 Å². The molecule has 4 rings (SSSR count). The van der Waals surface area contributed by atoms with Gasteiger partial charge in [0, 0.05) is 25.0 Å². The van der Waals surface area contributed by atoms with Crippen molar-refractivity contribution in [3.8, 4) is 11.3 Å². The Hall–Kier alpha value is -3.16. The van der Waals surface area contributed by atoms with E-state index in [1.54, 1.807) is 18.7 Å². The summed E-state index contributed by atoms with van der Waals surface area (Å²) in [5.74, 6) is 1.04. The summed E-state index contributed by atoms with van der Waals surface area (Å²) in [6.07, 6.45) is 6.48. The standard InChI is InChI=1S/C20H22N6O2/c1-12-8-22-18(9-21-12)20(27)26-5-4-15(10-26)6-16-7-17(24-11-23-16)19-13(2)25-28-14(19)3/h7-9,11,15H,4-6,10H2,1-3H3/t15-/m1/s1. The van der Waals surface area contributed by atoms with Crippen LogP contribution in [0.2, 0.25) is 0 Å². The van der Waals surface area contributed by atoms with Crippen LogP contribution in [0.25, 0.3) is 11.3 Å². The van der Waals surface area contributed by atoms with Crippen molar-refractivity contribution in [2.45, 2.75) is 33.6 Å². The molecule has 1 aliphatic heterocycles. The van der Waals surface area contributed by atoms with E-state index in [-0.39, 0.29) is 5.91 Å². The number of nitrogens with zero attached hydrogens (tertiary/aromatic N) is 6. The summed E-state index contributed by atoms with van der Waals surface area (Å²) in [7, 11) is 0. The van der Waals surface area contributed by atoms with Gasteiger partial charge >= 0.3 is 0 Å². The first-order valence-electron chi connectivity index (χ1n) is 9.33. The van der Waals surface area contributed by atoms with Crippen LogP contribution in [0.1, 0.15) is 39.8 Å². The van der Waals surface area contributed by atoms with E-state index in [1.165, 1.54) is 0 Å². The van der Waals surface area contributed by atoms with Gasteiger partial charge in [-0.15, -0.1) is 0 Å². The maximum atomic E-state index is 12.6. The average molecular weight is 378 g/mol. The van der Waals surface area contributed by atoms with E-state index in [0.29, 0.717) is 18.2 Å². The van der Waals surface area contributed by atoms with E-state index >= 15 is 0 Å². The van der Waals surface area contributed by atoms with Gasteiger partial charge in [0.2, 0.25) is 0 Å². The topological polar surface area (TPSA) is 97.9 Å². The van der Waals surface area contributed by atoms with E-state index in [4.69, 9.17) is 4.52 Å². The normalized spacial score (nSPS) is 16.5. The lowest BCUT2D eigenvalue weighted by molar-refractivity contribution is 0.0780. The van der Waals surface area contributed by atoms with E-state index in [1.807, 2.05) is 31.7 Å². The molecular weight excluding hydrogens is 356 g/mol. The van der Waals surface area contributed by atoms with Gasteiger partial charge in [0.05, 0.1) is 28.8 Å². The number of carbonyl (C=O) groups is 1. The number of aromatic nitrogens is 5. The Morgan fingerprint density at radius 2 is 2.04 bits per heavy atom. The highest BCUT2D eigenvalue weighted by atomic mass is 16.5. The number of hydrogen-bond acceptors (Lipinski definition) is 7. The molecule has 3 aromatic rings. The van der Waals surface area contributed by atoms with Crippen LogP contribution in [-0.4, -0.2) is 49.0 Å². The third kappa shape index (κ3) is 3.62. The van der Waals surface area contributed by atoms with Gasteiger partial charge in [0.15, 0.2) is 0 Å². The lowest BCUT2D eigenvalue weighted by Crippen LogP contribution is -2.29. The molecule has 0 spiro atoms. The number of carbonyl (C=O) groups excluding carboxylic acids is 1. The Bertz CT molecular complexity index is 979. The molecule has 8 nitrogen and oxygen atoms in total. The molecule has 1 atom stereocenters. The molecule has 0 aliphatic carbocycles. The van der Waals surface area contributed by atoms with Crippen molar-refractivity contribution in [3.05, 3.63) is 53.3 Å². The maximum absolute atomic E-state index is 12.6. The fraction of sp³-hybridized carbons (Fsp3) is 0.400. The minimum absolute atomic E-state index is 0.0610. The summed E-state index contributed by atoms with van der Waals surface area (Å²) in [5.41, 5.74) is 4.72. The zero-order valence-corrected chi connectivity index (χ0v) is 16.2. The number of rotatable bonds is 4. The van der Waals surface area contributed by atoms with Crippen molar-refractivity contribution in [1.29, 1.82) is 0 Å². The molecule has 1 saturated heterocycles. The molecule has 4 heterocycles. The highest BCUT2D eigenvalue weighted by molar-refractivity contribution is 5.92. The molecule has 28 heavy (non-hydrogen) atoms. The van der Waals surface area contributed by atoms with Crippen LogP contribution in [0.5, 0.6) is 0 Å². The lowest BCUT2D eigenvalue weighted by atomic mass is 10.0. The Labute approximate surface area is 163 Å². The molecule has 1 amide bonds. The molecule has 0 N–H and O–H groups in total. The van der Waals surface area contributed by atoms with E-state index in [9.17, 15) is 4.79 Å². The van der Waals surface area contributed by atoms with Gasteiger partial charge in [0.25, 0.3) is 5.91 Å².